The van der Waals surface area contributed by atoms with E-state index in [1.54, 1.807) is 13.8 Å². The van der Waals surface area contributed by atoms with Gasteiger partial charge in [-0.2, -0.15) is 0 Å². The Hall–Kier alpha value is -1.76. The molecular weight excluding hydrogens is 325 g/mol. The molecule has 0 radical (unpaired) electrons. The van der Waals surface area contributed by atoms with Crippen LogP contribution in [0.2, 0.25) is 0 Å². The fraction of sp³-hybridized carbons (Fsp3) is 0.500. The topological polar surface area (TPSA) is 105 Å². The number of rotatable bonds is 4. The minimum Gasteiger partial charge on any atom is -0.443 e. The number of nitro benzene ring substituents is 1. The third-order valence-corrected chi connectivity index (χ3v) is 6.19. The molecule has 8 nitrogen and oxygen atoms in total. The highest BCUT2D eigenvalue weighted by molar-refractivity contribution is 7.55. The van der Waals surface area contributed by atoms with E-state index in [4.69, 9.17) is 13.8 Å². The van der Waals surface area contributed by atoms with Gasteiger partial charge in [-0.3, -0.25) is 19.2 Å². The predicted octanol–water partition coefficient (Wildman–Crippen LogP) is 3.51. The van der Waals surface area contributed by atoms with E-state index in [1.165, 1.54) is 38.3 Å². The van der Waals surface area contributed by atoms with Crippen LogP contribution >= 0.6 is 7.60 Å². The summed E-state index contributed by atoms with van der Waals surface area (Å²) in [5.74, 6) is -0.749. The first kappa shape index (κ1) is 17.6. The molecule has 0 bridgehead atoms. The van der Waals surface area contributed by atoms with Crippen LogP contribution in [0.5, 0.6) is 0 Å². The van der Waals surface area contributed by atoms with Gasteiger partial charge in [-0.15, -0.1) is 0 Å². The van der Waals surface area contributed by atoms with E-state index in [-0.39, 0.29) is 17.7 Å². The number of non-ortho nitro benzene ring substituents is 1. The molecule has 2 atom stereocenters. The molecule has 0 aliphatic carbocycles. The number of carbonyl (C=O) groups is 1. The van der Waals surface area contributed by atoms with Crippen molar-refractivity contribution >= 4 is 19.3 Å². The highest BCUT2D eigenvalue weighted by Gasteiger charge is 2.61. The summed E-state index contributed by atoms with van der Waals surface area (Å²) in [5.41, 5.74) is -0.791. The van der Waals surface area contributed by atoms with Crippen molar-refractivity contribution in [3.8, 4) is 0 Å². The average Bonchev–Trinajstić information content (AvgIpc) is 2.64. The van der Waals surface area contributed by atoms with E-state index in [0.29, 0.717) is 0 Å². The summed E-state index contributed by atoms with van der Waals surface area (Å²) in [6.07, 6.45) is 0.198. The Balaban J connectivity index is 2.24. The van der Waals surface area contributed by atoms with Crippen LogP contribution in [0.4, 0.5) is 5.69 Å². The van der Waals surface area contributed by atoms with Crippen LogP contribution in [0.15, 0.2) is 24.3 Å². The lowest BCUT2D eigenvalue weighted by Gasteiger charge is -2.27. The van der Waals surface area contributed by atoms with E-state index in [0.717, 1.165) is 0 Å². The summed E-state index contributed by atoms with van der Waals surface area (Å²) >= 11 is 0. The van der Waals surface area contributed by atoms with Crippen LogP contribution in [0.1, 0.15) is 37.6 Å². The Morgan fingerprint density at radius 1 is 1.30 bits per heavy atom. The SMILES string of the molecule is CO[P@]1(=O)OC(C)(C)C[C@@]1(C)OC(=O)c1ccc([N+](=O)[O-])cc1. The summed E-state index contributed by atoms with van der Waals surface area (Å²) in [7, 11) is -2.41. The Kier molecular flexibility index (Phi) is 4.36. The largest absolute Gasteiger partial charge is 0.443 e. The molecule has 0 spiro atoms. The molecule has 23 heavy (non-hydrogen) atoms. The molecule has 1 fully saturated rings. The molecule has 1 saturated heterocycles. The van der Waals surface area contributed by atoms with Crippen molar-refractivity contribution in [3.63, 3.8) is 0 Å². The molecule has 0 saturated carbocycles. The standard InChI is InChI=1S/C14H18NO7P/c1-13(2)9-14(3,23(19,20-4)22-13)21-12(16)10-5-7-11(8-6-10)15(17)18/h5-8H,9H2,1-4H3/t14-,23-/m0/s1. The van der Waals surface area contributed by atoms with E-state index in [1.807, 2.05) is 0 Å². The van der Waals surface area contributed by atoms with Gasteiger partial charge in [0.15, 0.2) is 0 Å². The molecule has 0 amide bonds. The maximum Gasteiger partial charge on any atom is 0.374 e. The first-order valence-corrected chi connectivity index (χ1v) is 8.41. The van der Waals surface area contributed by atoms with Crippen molar-refractivity contribution in [2.75, 3.05) is 7.11 Å². The summed E-state index contributed by atoms with van der Waals surface area (Å²) < 4.78 is 28.6. The van der Waals surface area contributed by atoms with Gasteiger partial charge in [0.05, 0.1) is 16.1 Å². The van der Waals surface area contributed by atoms with Crippen LogP contribution in [0.3, 0.4) is 0 Å². The Labute approximate surface area is 133 Å². The summed E-state index contributed by atoms with van der Waals surface area (Å²) in [4.78, 5) is 22.3. The second-order valence-electron chi connectivity index (χ2n) is 6.08. The van der Waals surface area contributed by atoms with Gasteiger partial charge in [0.1, 0.15) is 0 Å². The molecule has 0 N–H and O–H groups in total. The highest BCUT2D eigenvalue weighted by Crippen LogP contribution is 2.70. The van der Waals surface area contributed by atoms with Crippen LogP contribution in [-0.2, 0) is 18.3 Å². The number of hydrogen-bond donors (Lipinski definition) is 0. The second-order valence-corrected chi connectivity index (χ2v) is 8.56. The Morgan fingerprint density at radius 2 is 1.87 bits per heavy atom. The molecule has 1 aliphatic heterocycles. The van der Waals surface area contributed by atoms with E-state index < -0.39 is 29.4 Å². The first-order valence-electron chi connectivity index (χ1n) is 6.86. The molecule has 1 aliphatic rings. The van der Waals surface area contributed by atoms with Crippen molar-refractivity contribution < 1.29 is 28.1 Å². The number of nitrogens with zero attached hydrogens (tertiary/aromatic N) is 1. The third kappa shape index (κ3) is 3.29. The van der Waals surface area contributed by atoms with Gasteiger partial charge in [0.25, 0.3) is 5.69 Å². The number of ether oxygens (including phenoxy) is 1. The van der Waals surface area contributed by atoms with E-state index in [2.05, 4.69) is 0 Å². The maximum absolute atomic E-state index is 12.7. The lowest BCUT2D eigenvalue weighted by molar-refractivity contribution is -0.384. The highest BCUT2D eigenvalue weighted by atomic mass is 31.2. The zero-order chi connectivity index (χ0) is 17.5. The summed E-state index contributed by atoms with van der Waals surface area (Å²) in [6.45, 7) is 4.95. The van der Waals surface area contributed by atoms with Gasteiger partial charge in [-0.25, -0.2) is 4.79 Å². The summed E-state index contributed by atoms with van der Waals surface area (Å²) in [6, 6.07) is 4.96. The fourth-order valence-corrected chi connectivity index (χ4v) is 4.78. The number of nitro groups is 1. The van der Waals surface area contributed by atoms with Crippen molar-refractivity contribution in [2.45, 2.75) is 38.1 Å². The molecule has 1 aromatic carbocycles. The lowest BCUT2D eigenvalue weighted by Crippen LogP contribution is -2.31. The zero-order valence-electron chi connectivity index (χ0n) is 13.3. The average molecular weight is 343 g/mol. The molecular formula is C14H18NO7P. The minimum absolute atomic E-state index is 0.115. The van der Waals surface area contributed by atoms with Crippen LogP contribution in [0, 0.1) is 10.1 Å². The number of benzene rings is 1. The molecule has 2 rings (SSSR count). The van der Waals surface area contributed by atoms with Crippen molar-refractivity contribution in [2.24, 2.45) is 0 Å². The van der Waals surface area contributed by atoms with Crippen LogP contribution in [-0.4, -0.2) is 28.9 Å². The van der Waals surface area contributed by atoms with E-state index >= 15 is 0 Å². The predicted molar refractivity (Wildman–Crippen MR) is 81.3 cm³/mol. The zero-order valence-corrected chi connectivity index (χ0v) is 14.2. The molecule has 1 aromatic rings. The quantitative estimate of drug-likeness (QED) is 0.356. The van der Waals surface area contributed by atoms with Gasteiger partial charge in [-0.1, -0.05) is 0 Å². The first-order chi connectivity index (χ1) is 10.5. The second kappa shape index (κ2) is 5.70. The molecule has 0 aromatic heterocycles. The Morgan fingerprint density at radius 3 is 2.35 bits per heavy atom. The van der Waals surface area contributed by atoms with Crippen LogP contribution in [0.25, 0.3) is 0 Å². The van der Waals surface area contributed by atoms with Gasteiger partial charge >= 0.3 is 13.6 Å². The van der Waals surface area contributed by atoms with Gasteiger partial charge < -0.3 is 9.26 Å². The smallest absolute Gasteiger partial charge is 0.374 e. The van der Waals surface area contributed by atoms with Crippen LogP contribution < -0.4 is 0 Å². The fourth-order valence-electron chi connectivity index (χ4n) is 2.64. The van der Waals surface area contributed by atoms with Crippen molar-refractivity contribution in [3.05, 3.63) is 39.9 Å². The van der Waals surface area contributed by atoms with Crippen molar-refractivity contribution in [1.82, 2.24) is 0 Å². The lowest BCUT2D eigenvalue weighted by atomic mass is 10.0. The maximum atomic E-state index is 12.7. The number of esters is 1. The number of carbonyl (C=O) groups excluding carboxylic acids is 1. The normalized spacial score (nSPS) is 29.2. The van der Waals surface area contributed by atoms with Gasteiger partial charge in [0, 0.05) is 25.7 Å². The minimum atomic E-state index is -3.65. The van der Waals surface area contributed by atoms with Gasteiger partial charge in [-0.05, 0) is 32.9 Å². The molecule has 9 heteroatoms. The third-order valence-electron chi connectivity index (χ3n) is 3.57. The molecule has 1 heterocycles. The Bertz CT molecular complexity index is 685. The molecule has 126 valence electrons. The van der Waals surface area contributed by atoms with Gasteiger partial charge in [0.2, 0.25) is 5.34 Å². The van der Waals surface area contributed by atoms with Crippen molar-refractivity contribution in [1.29, 1.82) is 0 Å². The summed E-state index contributed by atoms with van der Waals surface area (Å²) in [5, 5.41) is 9.20. The van der Waals surface area contributed by atoms with E-state index in [9.17, 15) is 19.5 Å². The molecule has 0 unspecified atom stereocenters. The monoisotopic (exact) mass is 343 g/mol. The number of hydrogen-bond acceptors (Lipinski definition) is 7.